The van der Waals surface area contributed by atoms with Gasteiger partial charge in [0.1, 0.15) is 0 Å². The number of amides is 1. The van der Waals surface area contributed by atoms with Gasteiger partial charge >= 0.3 is 0 Å². The monoisotopic (exact) mass is 297 g/mol. The van der Waals surface area contributed by atoms with Gasteiger partial charge in [-0.3, -0.25) is 4.79 Å². The van der Waals surface area contributed by atoms with Gasteiger partial charge in [0.15, 0.2) is 0 Å². The van der Waals surface area contributed by atoms with Crippen molar-refractivity contribution < 1.29 is 9.90 Å². The van der Waals surface area contributed by atoms with Crippen molar-refractivity contribution in [3.63, 3.8) is 0 Å². The Balaban J connectivity index is 1.74. The number of hydrogen-bond donors (Lipinski definition) is 1. The number of benzene rings is 2. The van der Waals surface area contributed by atoms with Gasteiger partial charge in [0, 0.05) is 19.2 Å². The van der Waals surface area contributed by atoms with Gasteiger partial charge in [0.05, 0.1) is 6.42 Å². The fraction of sp³-hybridized carbons (Fsp3) is 0.421. The fourth-order valence-electron chi connectivity index (χ4n) is 3.30. The smallest absolute Gasteiger partial charge is 0.227 e. The van der Waals surface area contributed by atoms with Crippen LogP contribution in [-0.2, 0) is 11.2 Å². The van der Waals surface area contributed by atoms with Gasteiger partial charge in [0.25, 0.3) is 0 Å². The van der Waals surface area contributed by atoms with Gasteiger partial charge in [0.2, 0.25) is 5.91 Å². The van der Waals surface area contributed by atoms with E-state index < -0.39 is 0 Å². The van der Waals surface area contributed by atoms with Crippen molar-refractivity contribution in [3.8, 4) is 0 Å². The Hall–Kier alpha value is -1.87. The Kier molecular flexibility index (Phi) is 4.44. The normalized spacial score (nSPS) is 22.0. The number of carbonyl (C=O) groups excluding carboxylic acids is 1. The molecule has 1 heterocycles. The number of carbonyl (C=O) groups is 1. The van der Waals surface area contributed by atoms with E-state index in [1.165, 1.54) is 10.8 Å². The van der Waals surface area contributed by atoms with E-state index in [9.17, 15) is 9.90 Å². The summed E-state index contributed by atoms with van der Waals surface area (Å²) in [6.07, 6.45) is 2.43. The van der Waals surface area contributed by atoms with Crippen molar-refractivity contribution in [2.24, 2.45) is 5.92 Å². The van der Waals surface area contributed by atoms with E-state index in [-0.39, 0.29) is 24.5 Å². The predicted octanol–water partition coefficient (Wildman–Crippen LogP) is 3.00. The van der Waals surface area contributed by atoms with Crippen molar-refractivity contribution in [2.75, 3.05) is 13.2 Å². The highest BCUT2D eigenvalue weighted by Gasteiger charge is 2.28. The number of piperidine rings is 1. The van der Waals surface area contributed by atoms with Crippen molar-refractivity contribution >= 4 is 16.7 Å². The minimum Gasteiger partial charge on any atom is -0.396 e. The minimum atomic E-state index is 0.168. The SMILES string of the molecule is CC1CCC(CO)CN1C(=O)Cc1ccc2ccccc2c1. The van der Waals surface area contributed by atoms with E-state index in [1.54, 1.807) is 0 Å². The van der Waals surface area contributed by atoms with Crippen LogP contribution < -0.4 is 0 Å². The number of rotatable bonds is 3. The molecular weight excluding hydrogens is 274 g/mol. The molecule has 2 atom stereocenters. The van der Waals surface area contributed by atoms with Gasteiger partial charge in [-0.05, 0) is 42.0 Å². The summed E-state index contributed by atoms with van der Waals surface area (Å²) in [6, 6.07) is 14.7. The highest BCUT2D eigenvalue weighted by Crippen LogP contribution is 2.23. The summed E-state index contributed by atoms with van der Waals surface area (Å²) < 4.78 is 0. The molecule has 0 aliphatic carbocycles. The third-order valence-electron chi connectivity index (χ3n) is 4.73. The number of fused-ring (bicyclic) bond motifs is 1. The lowest BCUT2D eigenvalue weighted by Crippen LogP contribution is -2.46. The number of aliphatic hydroxyl groups is 1. The summed E-state index contributed by atoms with van der Waals surface area (Å²) in [5.74, 6) is 0.401. The maximum absolute atomic E-state index is 12.6. The molecule has 2 aromatic rings. The van der Waals surface area contributed by atoms with Crippen molar-refractivity contribution in [3.05, 3.63) is 48.0 Å². The van der Waals surface area contributed by atoms with Crippen molar-refractivity contribution in [1.29, 1.82) is 0 Å². The molecule has 1 amide bonds. The van der Waals surface area contributed by atoms with Crippen LogP contribution in [0.5, 0.6) is 0 Å². The first-order valence-corrected chi connectivity index (χ1v) is 8.05. The molecule has 3 heteroatoms. The van der Waals surface area contributed by atoms with E-state index in [2.05, 4.69) is 31.2 Å². The van der Waals surface area contributed by atoms with E-state index in [1.807, 2.05) is 23.1 Å². The van der Waals surface area contributed by atoms with E-state index in [0.29, 0.717) is 13.0 Å². The number of likely N-dealkylation sites (tertiary alicyclic amines) is 1. The van der Waals surface area contributed by atoms with Crippen LogP contribution in [0.1, 0.15) is 25.3 Å². The second-order valence-corrected chi connectivity index (χ2v) is 6.38. The van der Waals surface area contributed by atoms with E-state index in [4.69, 9.17) is 0 Å². The summed E-state index contributed by atoms with van der Waals surface area (Å²) in [7, 11) is 0. The average Bonchev–Trinajstić information content (AvgIpc) is 2.55. The lowest BCUT2D eigenvalue weighted by Gasteiger charge is -2.37. The largest absolute Gasteiger partial charge is 0.396 e. The lowest BCUT2D eigenvalue weighted by atomic mass is 9.93. The molecule has 1 fully saturated rings. The molecule has 22 heavy (non-hydrogen) atoms. The molecule has 3 rings (SSSR count). The number of nitrogens with zero attached hydrogens (tertiary/aromatic N) is 1. The van der Waals surface area contributed by atoms with Gasteiger partial charge in [-0.1, -0.05) is 42.5 Å². The first-order chi connectivity index (χ1) is 10.7. The first-order valence-electron chi connectivity index (χ1n) is 8.05. The molecule has 0 bridgehead atoms. The number of aliphatic hydroxyl groups excluding tert-OH is 1. The number of hydrogen-bond acceptors (Lipinski definition) is 2. The van der Waals surface area contributed by atoms with Crippen molar-refractivity contribution in [1.82, 2.24) is 4.90 Å². The molecule has 0 radical (unpaired) electrons. The van der Waals surface area contributed by atoms with Gasteiger partial charge in [-0.15, -0.1) is 0 Å². The molecule has 0 saturated carbocycles. The van der Waals surface area contributed by atoms with Crippen LogP contribution in [-0.4, -0.2) is 35.1 Å². The van der Waals surface area contributed by atoms with Crippen LogP contribution in [0.25, 0.3) is 10.8 Å². The second kappa shape index (κ2) is 6.49. The van der Waals surface area contributed by atoms with Crippen LogP contribution in [0.2, 0.25) is 0 Å². The average molecular weight is 297 g/mol. The van der Waals surface area contributed by atoms with Gasteiger partial charge in [-0.2, -0.15) is 0 Å². The Labute approximate surface area is 131 Å². The van der Waals surface area contributed by atoms with Gasteiger partial charge in [-0.25, -0.2) is 0 Å². The molecule has 116 valence electrons. The predicted molar refractivity (Wildman–Crippen MR) is 88.6 cm³/mol. The molecule has 3 nitrogen and oxygen atoms in total. The minimum absolute atomic E-state index is 0.168. The van der Waals surface area contributed by atoms with Crippen LogP contribution in [0.15, 0.2) is 42.5 Å². The first kappa shape index (κ1) is 15.0. The molecule has 0 spiro atoms. The fourth-order valence-corrected chi connectivity index (χ4v) is 3.30. The van der Waals surface area contributed by atoms with Crippen LogP contribution in [0, 0.1) is 5.92 Å². The Morgan fingerprint density at radius 1 is 1.18 bits per heavy atom. The molecule has 1 aliphatic heterocycles. The zero-order chi connectivity index (χ0) is 15.5. The molecule has 1 saturated heterocycles. The van der Waals surface area contributed by atoms with Crippen LogP contribution in [0.4, 0.5) is 0 Å². The molecule has 1 N–H and O–H groups in total. The molecule has 2 aromatic carbocycles. The van der Waals surface area contributed by atoms with Crippen LogP contribution in [0.3, 0.4) is 0 Å². The summed E-state index contributed by atoms with van der Waals surface area (Å²) in [5.41, 5.74) is 1.06. The topological polar surface area (TPSA) is 40.5 Å². The third kappa shape index (κ3) is 3.14. The standard InChI is InChI=1S/C19H23NO2/c1-14-6-7-16(13-21)12-20(14)19(22)11-15-8-9-17-4-2-3-5-18(17)10-15/h2-5,8-10,14,16,21H,6-7,11-13H2,1H3. The summed E-state index contributed by atoms with van der Waals surface area (Å²) >= 11 is 0. The van der Waals surface area contributed by atoms with E-state index >= 15 is 0 Å². The molecule has 2 unspecified atom stereocenters. The highest BCUT2D eigenvalue weighted by molar-refractivity contribution is 5.85. The van der Waals surface area contributed by atoms with Crippen LogP contribution >= 0.6 is 0 Å². The Morgan fingerprint density at radius 3 is 2.73 bits per heavy atom. The molecular formula is C19H23NO2. The highest BCUT2D eigenvalue weighted by atomic mass is 16.3. The Morgan fingerprint density at radius 2 is 1.95 bits per heavy atom. The summed E-state index contributed by atoms with van der Waals surface area (Å²) in [6.45, 7) is 2.96. The second-order valence-electron chi connectivity index (χ2n) is 6.38. The Bertz CT molecular complexity index is 667. The zero-order valence-electron chi connectivity index (χ0n) is 13.0. The molecule has 1 aliphatic rings. The molecule has 0 aromatic heterocycles. The third-order valence-corrected chi connectivity index (χ3v) is 4.73. The summed E-state index contributed by atoms with van der Waals surface area (Å²) in [5, 5.41) is 11.7. The lowest BCUT2D eigenvalue weighted by molar-refractivity contribution is -0.135. The quantitative estimate of drug-likeness (QED) is 0.946. The zero-order valence-corrected chi connectivity index (χ0v) is 13.0. The maximum atomic E-state index is 12.6. The summed E-state index contributed by atoms with van der Waals surface area (Å²) in [4.78, 5) is 14.6. The maximum Gasteiger partial charge on any atom is 0.227 e. The van der Waals surface area contributed by atoms with E-state index in [0.717, 1.165) is 18.4 Å². The van der Waals surface area contributed by atoms with Crippen molar-refractivity contribution in [2.45, 2.75) is 32.2 Å². The van der Waals surface area contributed by atoms with Gasteiger partial charge < -0.3 is 10.0 Å².